The predicted molar refractivity (Wildman–Crippen MR) is 94.8 cm³/mol. The van der Waals surface area contributed by atoms with E-state index in [0.717, 1.165) is 38.9 Å². The van der Waals surface area contributed by atoms with Crippen molar-refractivity contribution < 1.29 is 0 Å². The summed E-state index contributed by atoms with van der Waals surface area (Å²) in [5.74, 6) is 0.799. The molecule has 4 nitrogen and oxygen atoms in total. The Labute approximate surface area is 140 Å². The molecule has 0 fully saturated rings. The largest absolute Gasteiger partial charge is 0.261 e. The van der Waals surface area contributed by atoms with Gasteiger partial charge in [0, 0.05) is 14.9 Å². The van der Waals surface area contributed by atoms with Crippen molar-refractivity contribution in [2.45, 2.75) is 19.3 Å². The molecule has 2 heterocycles. The summed E-state index contributed by atoms with van der Waals surface area (Å²) in [4.78, 5) is 11.3. The molecule has 0 saturated heterocycles. The van der Waals surface area contributed by atoms with Crippen LogP contribution in [-0.2, 0) is 12.8 Å². The van der Waals surface area contributed by atoms with Gasteiger partial charge in [-0.05, 0) is 30.9 Å². The number of anilines is 1. The van der Waals surface area contributed by atoms with Crippen LogP contribution < -0.4 is 5.43 Å². The highest BCUT2D eigenvalue weighted by Crippen LogP contribution is 2.38. The van der Waals surface area contributed by atoms with E-state index in [1.807, 2.05) is 24.3 Å². The van der Waals surface area contributed by atoms with Gasteiger partial charge in [0.25, 0.3) is 0 Å². The summed E-state index contributed by atoms with van der Waals surface area (Å²) >= 11 is 5.30. The van der Waals surface area contributed by atoms with Crippen LogP contribution >= 0.6 is 27.3 Å². The van der Waals surface area contributed by atoms with Crippen LogP contribution in [0.1, 0.15) is 22.4 Å². The third kappa shape index (κ3) is 2.42. The summed E-state index contributed by atoms with van der Waals surface area (Å²) in [5, 5.41) is 5.48. The van der Waals surface area contributed by atoms with Crippen molar-refractivity contribution in [2.24, 2.45) is 5.10 Å². The monoisotopic (exact) mass is 372 g/mol. The lowest BCUT2D eigenvalue weighted by Crippen LogP contribution is -1.96. The Kier molecular flexibility index (Phi) is 3.63. The highest BCUT2D eigenvalue weighted by molar-refractivity contribution is 9.10. The minimum atomic E-state index is 0.799. The molecule has 0 unspecified atom stereocenters. The Morgan fingerprint density at radius 2 is 2.14 bits per heavy atom. The first-order chi connectivity index (χ1) is 10.8. The van der Waals surface area contributed by atoms with Gasteiger partial charge in [-0.3, -0.25) is 5.43 Å². The number of aryl methyl sites for hydroxylation is 2. The van der Waals surface area contributed by atoms with E-state index < -0.39 is 0 Å². The first kappa shape index (κ1) is 13.8. The first-order valence-electron chi connectivity index (χ1n) is 7.12. The summed E-state index contributed by atoms with van der Waals surface area (Å²) in [6.07, 6.45) is 6.90. The van der Waals surface area contributed by atoms with Gasteiger partial charge in [0.05, 0.1) is 11.6 Å². The summed E-state index contributed by atoms with van der Waals surface area (Å²) in [5.41, 5.74) is 5.51. The highest BCUT2D eigenvalue weighted by Gasteiger charge is 2.20. The second-order valence-electron chi connectivity index (χ2n) is 5.15. The van der Waals surface area contributed by atoms with Crippen LogP contribution in [0, 0.1) is 0 Å². The number of fused-ring (bicyclic) bond motifs is 3. The van der Waals surface area contributed by atoms with E-state index in [9.17, 15) is 0 Å². The number of hydrogen-bond donors (Lipinski definition) is 1. The molecule has 3 aromatic rings. The minimum absolute atomic E-state index is 0.799. The number of aromatic nitrogens is 2. The van der Waals surface area contributed by atoms with E-state index in [1.54, 1.807) is 23.9 Å². The zero-order chi connectivity index (χ0) is 14.9. The Balaban J connectivity index is 1.66. The lowest BCUT2D eigenvalue weighted by molar-refractivity contribution is 0.917. The fourth-order valence-corrected chi connectivity index (χ4v) is 4.37. The molecular formula is C16H13BrN4S. The van der Waals surface area contributed by atoms with Crippen molar-refractivity contribution in [3.05, 3.63) is 51.1 Å². The number of hydrogen-bond acceptors (Lipinski definition) is 5. The number of nitrogens with one attached hydrogen (secondary N) is 1. The van der Waals surface area contributed by atoms with E-state index in [0.29, 0.717) is 0 Å². The van der Waals surface area contributed by atoms with Gasteiger partial charge in [0.15, 0.2) is 5.82 Å². The summed E-state index contributed by atoms with van der Waals surface area (Å²) in [6, 6.07) is 7.97. The van der Waals surface area contributed by atoms with Gasteiger partial charge in [0.2, 0.25) is 0 Å². The molecule has 4 rings (SSSR count). The van der Waals surface area contributed by atoms with Gasteiger partial charge in [-0.2, -0.15) is 5.10 Å². The third-order valence-corrected chi connectivity index (χ3v) is 5.70. The van der Waals surface area contributed by atoms with Gasteiger partial charge < -0.3 is 0 Å². The zero-order valence-electron chi connectivity index (χ0n) is 11.7. The maximum absolute atomic E-state index is 4.39. The maximum atomic E-state index is 4.39. The normalized spacial score (nSPS) is 13.9. The van der Waals surface area contributed by atoms with E-state index >= 15 is 0 Å². The smallest absolute Gasteiger partial charge is 0.158 e. The van der Waals surface area contributed by atoms with Gasteiger partial charge in [0.1, 0.15) is 11.2 Å². The molecule has 0 bridgehead atoms. The number of nitrogens with zero attached hydrogens (tertiary/aromatic N) is 3. The lowest BCUT2D eigenvalue weighted by atomic mass is 10.2. The summed E-state index contributed by atoms with van der Waals surface area (Å²) in [6.45, 7) is 0. The Bertz CT molecular complexity index is 872. The van der Waals surface area contributed by atoms with Gasteiger partial charge in [-0.1, -0.05) is 34.1 Å². The fraction of sp³-hybridized carbons (Fsp3) is 0.188. The molecule has 1 N–H and O–H groups in total. The molecule has 0 saturated carbocycles. The average molecular weight is 373 g/mol. The molecule has 0 spiro atoms. The zero-order valence-corrected chi connectivity index (χ0v) is 14.1. The molecule has 1 aromatic carbocycles. The van der Waals surface area contributed by atoms with Crippen LogP contribution in [0.5, 0.6) is 0 Å². The molecule has 22 heavy (non-hydrogen) atoms. The van der Waals surface area contributed by atoms with Crippen LogP contribution in [0.3, 0.4) is 0 Å². The van der Waals surface area contributed by atoms with Gasteiger partial charge >= 0.3 is 0 Å². The summed E-state index contributed by atoms with van der Waals surface area (Å²) in [7, 11) is 0. The number of thiophene rings is 1. The van der Waals surface area contributed by atoms with Crippen LogP contribution in [-0.4, -0.2) is 16.2 Å². The summed E-state index contributed by atoms with van der Waals surface area (Å²) < 4.78 is 1.02. The van der Waals surface area contributed by atoms with Crippen LogP contribution in [0.15, 0.2) is 40.2 Å². The van der Waals surface area contributed by atoms with Crippen LogP contribution in [0.25, 0.3) is 10.2 Å². The van der Waals surface area contributed by atoms with Crippen molar-refractivity contribution in [2.75, 3.05) is 5.43 Å². The molecule has 0 aliphatic heterocycles. The van der Waals surface area contributed by atoms with Crippen molar-refractivity contribution in [1.82, 2.24) is 9.97 Å². The van der Waals surface area contributed by atoms with E-state index in [4.69, 9.17) is 0 Å². The fourth-order valence-electron chi connectivity index (χ4n) is 2.76. The predicted octanol–water partition coefficient (Wildman–Crippen LogP) is 4.39. The minimum Gasteiger partial charge on any atom is -0.261 e. The number of hydrazone groups is 1. The second kappa shape index (κ2) is 5.78. The van der Waals surface area contributed by atoms with Crippen molar-refractivity contribution in [3.63, 3.8) is 0 Å². The van der Waals surface area contributed by atoms with Crippen LogP contribution in [0.4, 0.5) is 5.82 Å². The quantitative estimate of drug-likeness (QED) is 0.547. The lowest BCUT2D eigenvalue weighted by Gasteiger charge is -2.03. The van der Waals surface area contributed by atoms with E-state index in [-0.39, 0.29) is 0 Å². The van der Waals surface area contributed by atoms with Crippen LogP contribution in [0.2, 0.25) is 0 Å². The van der Waals surface area contributed by atoms with Crippen molar-refractivity contribution in [3.8, 4) is 0 Å². The number of halogens is 1. The Morgan fingerprint density at radius 1 is 1.23 bits per heavy atom. The standard InChI is InChI=1S/C16H13BrN4S/c17-12-6-2-1-4-10(12)8-20-21-15-14-11-5-3-7-13(11)22-16(14)19-9-18-15/h1-2,4,6,8-9H,3,5,7H2,(H,18,19,21)/b20-8-. The molecule has 110 valence electrons. The highest BCUT2D eigenvalue weighted by atomic mass is 79.9. The van der Waals surface area contributed by atoms with Gasteiger partial charge in [-0.15, -0.1) is 11.3 Å². The molecule has 6 heteroatoms. The molecule has 0 radical (unpaired) electrons. The number of rotatable bonds is 3. The molecule has 0 amide bonds. The Hall–Kier alpha value is -1.79. The van der Waals surface area contributed by atoms with Crippen molar-refractivity contribution >= 4 is 49.5 Å². The second-order valence-corrected chi connectivity index (χ2v) is 7.09. The molecule has 2 aromatic heterocycles. The molecule has 0 atom stereocenters. The molecular weight excluding hydrogens is 360 g/mol. The first-order valence-corrected chi connectivity index (χ1v) is 8.73. The van der Waals surface area contributed by atoms with Gasteiger partial charge in [-0.25, -0.2) is 9.97 Å². The SMILES string of the molecule is Brc1ccccc1/C=N\Nc1ncnc2sc3c(c12)CCC3. The van der Waals surface area contributed by atoms with Crippen molar-refractivity contribution in [1.29, 1.82) is 0 Å². The molecule has 1 aliphatic rings. The van der Waals surface area contributed by atoms with E-state index in [1.165, 1.54) is 16.9 Å². The number of benzene rings is 1. The average Bonchev–Trinajstić information content (AvgIpc) is 3.10. The maximum Gasteiger partial charge on any atom is 0.158 e. The van der Waals surface area contributed by atoms with E-state index in [2.05, 4.69) is 36.4 Å². The topological polar surface area (TPSA) is 50.2 Å². The molecule has 1 aliphatic carbocycles. The third-order valence-electron chi connectivity index (χ3n) is 3.78. The Morgan fingerprint density at radius 3 is 3.05 bits per heavy atom.